The van der Waals surface area contributed by atoms with Gasteiger partial charge in [0.05, 0.1) is 29.7 Å². The van der Waals surface area contributed by atoms with Crippen LogP contribution in [0, 0.1) is 87.4 Å². The van der Waals surface area contributed by atoms with Crippen molar-refractivity contribution < 1.29 is 36.1 Å². The van der Waals surface area contributed by atoms with Gasteiger partial charge in [0.2, 0.25) is 0 Å². The van der Waals surface area contributed by atoms with Gasteiger partial charge in [0, 0.05) is 35.9 Å². The molecule has 2 aliphatic carbocycles. The molecule has 2 saturated carbocycles. The maximum atomic E-state index is 12.8. The molecular weight excluding hydrogens is 544 g/mol. The molecule has 5 rings (SSSR count). The standard InChI is InChI=1S/C28H17N2O4.C5H5.Fe/c1-33-27(31)25-18-23(8-6-20-10-14-29-15-11-20)26(34-28(32)22-4-2-3-5-22)24(19-25)9-7-21-12-16-30-17-13-21;1-2-4-5-3-1;/h2-5,10-19H,1H3;1-5H;/q;;+2. The quantitative estimate of drug-likeness (QED) is 0.203. The summed E-state index contributed by atoms with van der Waals surface area (Å²) in [5, 5.41) is 0. The van der Waals surface area contributed by atoms with E-state index in [4.69, 9.17) is 9.47 Å². The maximum Gasteiger partial charge on any atom is 2.00 e. The molecule has 0 unspecified atom stereocenters. The van der Waals surface area contributed by atoms with Crippen LogP contribution in [-0.2, 0) is 26.6 Å². The van der Waals surface area contributed by atoms with Crippen LogP contribution in [0.4, 0.5) is 0 Å². The van der Waals surface area contributed by atoms with E-state index in [2.05, 4.69) is 33.6 Å². The molecule has 2 heterocycles. The number of esters is 2. The molecule has 3 aromatic rings. The third kappa shape index (κ3) is 9.09. The van der Waals surface area contributed by atoms with Gasteiger partial charge in [0.25, 0.3) is 0 Å². The molecule has 0 saturated heterocycles. The second-order valence-corrected chi connectivity index (χ2v) is 7.89. The molecule has 0 bridgehead atoms. The monoisotopic (exact) mass is 566 g/mol. The SMILES string of the molecule is COC(=O)c1cc(C#Cc2ccncc2)c(OC(=O)[C]2[CH][CH][CH][CH]2)c(C#Cc2ccncc2)c1.[CH]1[CH][CH][CH][CH]1.[Fe+2]. The van der Waals surface area contributed by atoms with Crippen molar-refractivity contribution in [2.75, 3.05) is 7.11 Å². The zero-order valence-corrected chi connectivity index (χ0v) is 22.5. The van der Waals surface area contributed by atoms with E-state index in [9.17, 15) is 9.59 Å². The summed E-state index contributed by atoms with van der Waals surface area (Å²) in [7, 11) is 1.29. The third-order valence-corrected chi connectivity index (χ3v) is 5.20. The molecule has 2 aromatic heterocycles. The number of rotatable bonds is 3. The molecule has 2 fully saturated rings. The Labute approximate surface area is 246 Å². The van der Waals surface area contributed by atoms with Crippen LogP contribution < -0.4 is 4.74 Å². The summed E-state index contributed by atoms with van der Waals surface area (Å²) in [5.41, 5.74) is 2.28. The van der Waals surface area contributed by atoms with Crippen LogP contribution in [0.5, 0.6) is 5.75 Å². The smallest absolute Gasteiger partial charge is 0.465 e. The van der Waals surface area contributed by atoms with Crippen molar-refractivity contribution in [3.8, 4) is 29.4 Å². The largest absolute Gasteiger partial charge is 2.00 e. The fraction of sp³-hybridized carbons (Fsp3) is 0.0303. The molecule has 40 heavy (non-hydrogen) atoms. The minimum atomic E-state index is -0.562. The van der Waals surface area contributed by atoms with Gasteiger partial charge in [0.1, 0.15) is 0 Å². The average Bonchev–Trinajstić information content (AvgIpc) is 3.74. The molecule has 0 spiro atoms. The first-order valence-electron chi connectivity index (χ1n) is 11.8. The molecule has 6 nitrogen and oxygen atoms in total. The van der Waals surface area contributed by atoms with Crippen LogP contribution in [0.15, 0.2) is 61.2 Å². The number of methoxy groups -OCH3 is 1. The maximum absolute atomic E-state index is 12.8. The third-order valence-electron chi connectivity index (χ3n) is 5.20. The van der Waals surface area contributed by atoms with Crippen LogP contribution in [0.2, 0.25) is 0 Å². The molecule has 1 aromatic carbocycles. The van der Waals surface area contributed by atoms with Gasteiger partial charge in [-0.15, -0.1) is 0 Å². The molecule has 10 radical (unpaired) electrons. The number of carbonyl (C=O) groups excluding carboxylic acids is 2. The first-order chi connectivity index (χ1) is 19.1. The van der Waals surface area contributed by atoms with Gasteiger partial charge in [0.15, 0.2) is 5.75 Å². The van der Waals surface area contributed by atoms with Gasteiger partial charge < -0.3 is 9.47 Å². The Bertz CT molecular complexity index is 1310. The zero-order chi connectivity index (χ0) is 27.3. The number of aromatic nitrogens is 2. The summed E-state index contributed by atoms with van der Waals surface area (Å²) in [6.45, 7) is 0. The van der Waals surface area contributed by atoms with E-state index in [1.807, 2.05) is 32.1 Å². The Kier molecular flexibility index (Phi) is 12.5. The number of ether oxygens (including phenoxy) is 2. The van der Waals surface area contributed by atoms with Crippen molar-refractivity contribution in [1.82, 2.24) is 9.97 Å². The van der Waals surface area contributed by atoms with Crippen molar-refractivity contribution in [2.45, 2.75) is 0 Å². The predicted octanol–water partition coefficient (Wildman–Crippen LogP) is 4.39. The van der Waals surface area contributed by atoms with E-state index in [1.54, 1.807) is 74.7 Å². The Balaban J connectivity index is 0.000000662. The van der Waals surface area contributed by atoms with Crippen LogP contribution in [-0.4, -0.2) is 29.0 Å². The number of carbonyl (C=O) groups is 2. The number of hydrogen-bond donors (Lipinski definition) is 0. The van der Waals surface area contributed by atoms with E-state index in [0.29, 0.717) is 28.2 Å². The molecule has 2 aliphatic rings. The van der Waals surface area contributed by atoms with Gasteiger partial charge in [-0.2, -0.15) is 0 Å². The number of hydrogen-bond acceptors (Lipinski definition) is 6. The predicted molar refractivity (Wildman–Crippen MR) is 146 cm³/mol. The minimum absolute atomic E-state index is 0. The Hall–Kier alpha value is -3.90. The Morgan fingerprint density at radius 1 is 0.650 bits per heavy atom. The van der Waals surface area contributed by atoms with Crippen molar-refractivity contribution >= 4 is 11.9 Å². The van der Waals surface area contributed by atoms with E-state index < -0.39 is 11.9 Å². The van der Waals surface area contributed by atoms with Crippen LogP contribution in [0.3, 0.4) is 0 Å². The second kappa shape index (κ2) is 16.3. The normalized spacial score (nSPS) is 13.7. The summed E-state index contributed by atoms with van der Waals surface area (Å²) < 4.78 is 10.6. The van der Waals surface area contributed by atoms with Gasteiger partial charge in [-0.3, -0.25) is 14.8 Å². The van der Waals surface area contributed by atoms with E-state index in [0.717, 1.165) is 0 Å². The van der Waals surface area contributed by atoms with Crippen LogP contribution in [0.1, 0.15) is 32.6 Å². The fourth-order valence-corrected chi connectivity index (χ4v) is 3.29. The zero-order valence-electron chi connectivity index (χ0n) is 21.4. The van der Waals surface area contributed by atoms with Crippen molar-refractivity contribution in [1.29, 1.82) is 0 Å². The first kappa shape index (κ1) is 30.6. The molecule has 7 heteroatoms. The van der Waals surface area contributed by atoms with Crippen LogP contribution in [0.25, 0.3) is 0 Å². The first-order valence-corrected chi connectivity index (χ1v) is 11.8. The Morgan fingerprint density at radius 3 is 1.52 bits per heavy atom. The number of nitrogens with zero attached hydrogens (tertiary/aromatic N) is 2. The van der Waals surface area contributed by atoms with Crippen LogP contribution >= 0.6 is 0 Å². The van der Waals surface area contributed by atoms with Gasteiger partial charge in [-0.1, -0.05) is 23.7 Å². The van der Waals surface area contributed by atoms with E-state index in [-0.39, 0.29) is 28.4 Å². The summed E-state index contributed by atoms with van der Waals surface area (Å²) >= 11 is 0. The number of benzene rings is 1. The van der Waals surface area contributed by atoms with E-state index in [1.165, 1.54) is 19.2 Å². The summed E-state index contributed by atoms with van der Waals surface area (Å²) in [6.07, 6.45) is 23.3. The average molecular weight is 566 g/mol. The van der Waals surface area contributed by atoms with Crippen molar-refractivity contribution in [2.24, 2.45) is 0 Å². The van der Waals surface area contributed by atoms with Gasteiger partial charge in [-0.25, -0.2) is 4.79 Å². The molecule has 0 atom stereocenters. The summed E-state index contributed by atoms with van der Waals surface area (Å²) in [4.78, 5) is 33.1. The van der Waals surface area contributed by atoms with Crippen molar-refractivity contribution in [3.05, 3.63) is 153 Å². The molecule has 194 valence electrons. The van der Waals surface area contributed by atoms with Gasteiger partial charge in [-0.05, 0) is 94.2 Å². The molecule has 0 N–H and O–H groups in total. The van der Waals surface area contributed by atoms with E-state index >= 15 is 0 Å². The summed E-state index contributed by atoms with van der Waals surface area (Å²) in [6, 6.07) is 10.0. The van der Waals surface area contributed by atoms with Gasteiger partial charge >= 0.3 is 29.0 Å². The topological polar surface area (TPSA) is 78.4 Å². The molecule has 0 amide bonds. The summed E-state index contributed by atoms with van der Waals surface area (Å²) in [5.74, 6) is 11.4. The second-order valence-electron chi connectivity index (χ2n) is 7.89. The molecular formula is C33H22FeN2O4+2. The minimum Gasteiger partial charge on any atom is -0.465 e. The number of pyridine rings is 2. The molecule has 0 aliphatic heterocycles. The fourth-order valence-electron chi connectivity index (χ4n) is 3.29. The Morgan fingerprint density at radius 2 is 1.10 bits per heavy atom. The van der Waals surface area contributed by atoms with Crippen molar-refractivity contribution in [3.63, 3.8) is 0 Å².